The average molecular weight is 295 g/mol. The van der Waals surface area contributed by atoms with Gasteiger partial charge in [-0.15, -0.1) is 0 Å². The summed E-state index contributed by atoms with van der Waals surface area (Å²) in [4.78, 5) is 7.20. The molecule has 7 heteroatoms. The van der Waals surface area contributed by atoms with Crippen LogP contribution in [0.5, 0.6) is 11.5 Å². The molecule has 3 aromatic rings. The molecule has 0 unspecified atom stereocenters. The van der Waals surface area contributed by atoms with Gasteiger partial charge in [-0.2, -0.15) is 0 Å². The Labute approximate surface area is 126 Å². The fourth-order valence-electron chi connectivity index (χ4n) is 2.26. The summed E-state index contributed by atoms with van der Waals surface area (Å²) in [5.74, 6) is 1.72. The van der Waals surface area contributed by atoms with Crippen LogP contribution in [-0.4, -0.2) is 23.8 Å². The van der Waals surface area contributed by atoms with Crippen LogP contribution in [0.4, 0.5) is 5.95 Å². The summed E-state index contributed by atoms with van der Waals surface area (Å²) in [5, 5.41) is 3.68. The van der Waals surface area contributed by atoms with Crippen molar-refractivity contribution in [3.8, 4) is 17.2 Å². The van der Waals surface area contributed by atoms with E-state index < -0.39 is 0 Å². The number of fused-ring (bicyclic) bond motifs is 1. The fourth-order valence-corrected chi connectivity index (χ4v) is 2.26. The largest absolute Gasteiger partial charge is 0.497 e. The number of nitrogens with zero attached hydrogens (tertiary/aromatic N) is 5. The van der Waals surface area contributed by atoms with E-state index in [4.69, 9.17) is 15.0 Å². The molecular weight excluding hydrogens is 282 g/mol. The highest BCUT2D eigenvalue weighted by atomic mass is 16.5. The first kappa shape index (κ1) is 13.8. The van der Waals surface area contributed by atoms with Gasteiger partial charge in [0, 0.05) is 16.7 Å². The molecule has 22 heavy (non-hydrogen) atoms. The molecule has 0 bridgehead atoms. The number of hydrogen-bond donors (Lipinski definition) is 0. The van der Waals surface area contributed by atoms with Gasteiger partial charge in [0.2, 0.25) is 5.95 Å². The summed E-state index contributed by atoms with van der Waals surface area (Å²) < 4.78 is 12.2. The number of imidazole rings is 1. The van der Waals surface area contributed by atoms with Gasteiger partial charge in [0.25, 0.3) is 0 Å². The lowest BCUT2D eigenvalue weighted by Gasteiger charge is -2.08. The minimum Gasteiger partial charge on any atom is -0.497 e. The molecule has 110 valence electrons. The van der Waals surface area contributed by atoms with Gasteiger partial charge in [-0.25, -0.2) is 4.98 Å². The third-order valence-electron chi connectivity index (χ3n) is 3.31. The zero-order valence-corrected chi connectivity index (χ0v) is 12.1. The SMILES string of the molecule is COc1ccc(-n2c(N=[N+]=[N-])nc3ccc(OC)cc32)cc1. The molecule has 0 saturated heterocycles. The van der Waals surface area contributed by atoms with Gasteiger partial charge in [-0.1, -0.05) is 0 Å². The predicted octanol–water partition coefficient (Wildman–Crippen LogP) is 3.98. The third-order valence-corrected chi connectivity index (χ3v) is 3.31. The van der Waals surface area contributed by atoms with E-state index in [0.29, 0.717) is 5.75 Å². The smallest absolute Gasteiger partial charge is 0.202 e. The van der Waals surface area contributed by atoms with Gasteiger partial charge in [-0.3, -0.25) is 4.57 Å². The summed E-state index contributed by atoms with van der Waals surface area (Å²) in [6.07, 6.45) is 0. The van der Waals surface area contributed by atoms with Gasteiger partial charge in [-0.05, 0) is 47.0 Å². The second-order valence-electron chi connectivity index (χ2n) is 4.49. The van der Waals surface area contributed by atoms with E-state index >= 15 is 0 Å². The molecule has 0 saturated carbocycles. The second-order valence-corrected chi connectivity index (χ2v) is 4.49. The molecule has 0 aliphatic heterocycles. The Kier molecular flexibility index (Phi) is 3.55. The van der Waals surface area contributed by atoms with Crippen LogP contribution in [0.3, 0.4) is 0 Å². The number of hydrogen-bond acceptors (Lipinski definition) is 4. The lowest BCUT2D eigenvalue weighted by atomic mass is 10.2. The first-order valence-corrected chi connectivity index (χ1v) is 6.53. The summed E-state index contributed by atoms with van der Waals surface area (Å²) in [6.45, 7) is 0. The number of aromatic nitrogens is 2. The molecule has 0 radical (unpaired) electrons. The molecule has 0 amide bonds. The second kappa shape index (κ2) is 5.67. The van der Waals surface area contributed by atoms with Crippen molar-refractivity contribution < 1.29 is 9.47 Å². The van der Waals surface area contributed by atoms with Crippen molar-refractivity contribution in [2.45, 2.75) is 0 Å². The number of benzene rings is 2. The van der Waals surface area contributed by atoms with E-state index in [1.54, 1.807) is 18.8 Å². The summed E-state index contributed by atoms with van der Waals surface area (Å²) >= 11 is 0. The van der Waals surface area contributed by atoms with Crippen LogP contribution >= 0.6 is 0 Å². The highest BCUT2D eigenvalue weighted by Crippen LogP contribution is 2.30. The number of azide groups is 1. The Morgan fingerprint density at radius 3 is 2.36 bits per heavy atom. The van der Waals surface area contributed by atoms with Crippen molar-refractivity contribution >= 4 is 17.0 Å². The molecule has 2 aromatic carbocycles. The maximum Gasteiger partial charge on any atom is 0.202 e. The van der Waals surface area contributed by atoms with Gasteiger partial charge in [0.15, 0.2) is 0 Å². The minimum atomic E-state index is 0.274. The fraction of sp³-hybridized carbons (Fsp3) is 0.133. The number of ether oxygens (including phenoxy) is 2. The Morgan fingerprint density at radius 2 is 1.73 bits per heavy atom. The van der Waals surface area contributed by atoms with Gasteiger partial charge in [0.1, 0.15) is 11.5 Å². The number of methoxy groups -OCH3 is 2. The van der Waals surface area contributed by atoms with Gasteiger partial charge in [0.05, 0.1) is 25.3 Å². The van der Waals surface area contributed by atoms with E-state index in [0.717, 1.165) is 22.5 Å². The molecule has 3 rings (SSSR count). The van der Waals surface area contributed by atoms with Crippen LogP contribution in [-0.2, 0) is 0 Å². The average Bonchev–Trinajstić information content (AvgIpc) is 2.92. The standard InChI is InChI=1S/C15H13N5O2/c1-21-11-5-3-10(4-6-11)20-14-9-12(22-2)7-8-13(14)17-15(20)18-19-16/h3-9H,1-2H3. The Bertz CT molecular complexity index is 864. The van der Waals surface area contributed by atoms with Crippen LogP contribution in [0.25, 0.3) is 27.2 Å². The van der Waals surface area contributed by atoms with Crippen LogP contribution in [0.1, 0.15) is 0 Å². The van der Waals surface area contributed by atoms with E-state index in [9.17, 15) is 0 Å². The molecule has 0 aliphatic rings. The summed E-state index contributed by atoms with van der Waals surface area (Å²) in [5.41, 5.74) is 11.1. The van der Waals surface area contributed by atoms with Crippen LogP contribution in [0.15, 0.2) is 47.6 Å². The molecular formula is C15H13N5O2. The van der Waals surface area contributed by atoms with E-state index in [1.807, 2.05) is 42.5 Å². The van der Waals surface area contributed by atoms with Crippen LogP contribution in [0, 0.1) is 0 Å². The van der Waals surface area contributed by atoms with E-state index in [1.165, 1.54) is 0 Å². The normalized spacial score (nSPS) is 10.3. The first-order valence-electron chi connectivity index (χ1n) is 6.53. The van der Waals surface area contributed by atoms with Crippen molar-refractivity contribution in [2.75, 3.05) is 14.2 Å². The maximum absolute atomic E-state index is 8.76. The van der Waals surface area contributed by atoms with Gasteiger partial charge < -0.3 is 9.47 Å². The lowest BCUT2D eigenvalue weighted by Crippen LogP contribution is -1.94. The van der Waals surface area contributed by atoms with Crippen molar-refractivity contribution in [1.82, 2.24) is 9.55 Å². The van der Waals surface area contributed by atoms with Crippen molar-refractivity contribution in [2.24, 2.45) is 5.11 Å². The van der Waals surface area contributed by atoms with E-state index in [-0.39, 0.29) is 5.95 Å². The van der Waals surface area contributed by atoms with Crippen LogP contribution in [0.2, 0.25) is 0 Å². The summed E-state index contributed by atoms with van der Waals surface area (Å²) in [7, 11) is 3.21. The van der Waals surface area contributed by atoms with Crippen molar-refractivity contribution in [3.63, 3.8) is 0 Å². The zero-order valence-electron chi connectivity index (χ0n) is 12.1. The monoisotopic (exact) mass is 295 g/mol. The summed E-state index contributed by atoms with van der Waals surface area (Å²) in [6, 6.07) is 12.9. The predicted molar refractivity (Wildman–Crippen MR) is 83.0 cm³/mol. The van der Waals surface area contributed by atoms with Crippen molar-refractivity contribution in [1.29, 1.82) is 0 Å². The highest BCUT2D eigenvalue weighted by Gasteiger charge is 2.12. The Morgan fingerprint density at radius 1 is 1.05 bits per heavy atom. The molecule has 0 fully saturated rings. The molecule has 1 heterocycles. The quantitative estimate of drug-likeness (QED) is 0.414. The molecule has 0 atom stereocenters. The first-order chi connectivity index (χ1) is 10.8. The number of rotatable bonds is 4. The zero-order chi connectivity index (χ0) is 15.5. The minimum absolute atomic E-state index is 0.274. The molecule has 0 aliphatic carbocycles. The third kappa shape index (κ3) is 2.30. The molecule has 0 spiro atoms. The molecule has 7 nitrogen and oxygen atoms in total. The Hall–Kier alpha value is -3.18. The van der Waals surface area contributed by atoms with E-state index in [2.05, 4.69) is 15.0 Å². The van der Waals surface area contributed by atoms with Crippen LogP contribution < -0.4 is 9.47 Å². The maximum atomic E-state index is 8.76. The highest BCUT2D eigenvalue weighted by molar-refractivity contribution is 5.82. The molecule has 0 N–H and O–H groups in total. The molecule has 1 aromatic heterocycles. The lowest BCUT2D eigenvalue weighted by molar-refractivity contribution is 0.414. The Balaban J connectivity index is 2.27. The topological polar surface area (TPSA) is 85.0 Å². The van der Waals surface area contributed by atoms with Gasteiger partial charge >= 0.3 is 0 Å². The van der Waals surface area contributed by atoms with Crippen molar-refractivity contribution in [3.05, 3.63) is 52.9 Å².